The van der Waals surface area contributed by atoms with E-state index < -0.39 is 0 Å². The van der Waals surface area contributed by atoms with E-state index >= 15 is 0 Å². The van der Waals surface area contributed by atoms with E-state index in [4.69, 9.17) is 5.11 Å². The molecular weight excluding hydrogens is 250 g/mol. The van der Waals surface area contributed by atoms with E-state index in [-0.39, 0.29) is 6.61 Å². The lowest BCUT2D eigenvalue weighted by atomic mass is 9.81. The molecule has 1 fully saturated rings. The van der Waals surface area contributed by atoms with Crippen molar-refractivity contribution < 1.29 is 10.2 Å². The second kappa shape index (κ2) is 7.65. The van der Waals surface area contributed by atoms with Gasteiger partial charge in [0.25, 0.3) is 0 Å². The van der Waals surface area contributed by atoms with Crippen molar-refractivity contribution in [3.05, 3.63) is 29.8 Å². The highest BCUT2D eigenvalue weighted by Gasteiger charge is 2.23. The van der Waals surface area contributed by atoms with Crippen LogP contribution in [0, 0.1) is 0 Å². The van der Waals surface area contributed by atoms with Gasteiger partial charge in [-0.2, -0.15) is 0 Å². The van der Waals surface area contributed by atoms with Gasteiger partial charge < -0.3 is 15.5 Å². The highest BCUT2D eigenvalue weighted by molar-refractivity contribution is 5.28. The first-order valence-corrected chi connectivity index (χ1v) is 7.88. The van der Waals surface area contributed by atoms with Crippen LogP contribution in [0.3, 0.4) is 0 Å². The number of aromatic hydroxyl groups is 1. The Kier molecular flexibility index (Phi) is 5.86. The quantitative estimate of drug-likeness (QED) is 0.748. The Bertz CT molecular complexity index is 382. The molecule has 1 unspecified atom stereocenters. The molecule has 0 spiro atoms. The lowest BCUT2D eigenvalue weighted by Gasteiger charge is -2.32. The summed E-state index contributed by atoms with van der Waals surface area (Å²) >= 11 is 0. The van der Waals surface area contributed by atoms with Crippen LogP contribution in [0.4, 0.5) is 0 Å². The molecule has 0 aliphatic heterocycles. The van der Waals surface area contributed by atoms with Crippen molar-refractivity contribution in [3.8, 4) is 5.75 Å². The van der Waals surface area contributed by atoms with E-state index in [1.54, 1.807) is 12.1 Å². The number of aliphatic hydroxyl groups excluding tert-OH is 1. The molecule has 0 aromatic heterocycles. The number of hydrogen-bond donors (Lipinski definition) is 3. The van der Waals surface area contributed by atoms with Crippen molar-refractivity contribution in [3.63, 3.8) is 0 Å². The molecule has 3 N–H and O–H groups in total. The Balaban J connectivity index is 1.81. The first kappa shape index (κ1) is 15.3. The number of aliphatic hydroxyl groups is 1. The number of hydrogen-bond acceptors (Lipinski definition) is 3. The molecule has 0 bridgehead atoms. The minimum atomic E-state index is 0.272. The maximum atomic E-state index is 9.34. The summed E-state index contributed by atoms with van der Waals surface area (Å²) in [7, 11) is 0. The fraction of sp³-hybridized carbons (Fsp3) is 0.647. The van der Waals surface area contributed by atoms with Crippen molar-refractivity contribution in [1.82, 2.24) is 5.32 Å². The fourth-order valence-corrected chi connectivity index (χ4v) is 3.23. The Morgan fingerprint density at radius 2 is 1.80 bits per heavy atom. The zero-order valence-corrected chi connectivity index (χ0v) is 12.4. The summed E-state index contributed by atoms with van der Waals surface area (Å²) in [5.74, 6) is 0.977. The van der Waals surface area contributed by atoms with Gasteiger partial charge in [-0.25, -0.2) is 0 Å². The van der Waals surface area contributed by atoms with Crippen LogP contribution in [-0.4, -0.2) is 28.9 Å². The first-order valence-electron chi connectivity index (χ1n) is 7.88. The Morgan fingerprint density at radius 1 is 1.15 bits per heavy atom. The third kappa shape index (κ3) is 4.22. The number of benzene rings is 1. The van der Waals surface area contributed by atoms with Crippen molar-refractivity contribution in [1.29, 1.82) is 0 Å². The number of rotatable bonds is 6. The second-order valence-corrected chi connectivity index (χ2v) is 5.92. The molecule has 1 aromatic carbocycles. The van der Waals surface area contributed by atoms with Crippen LogP contribution in [0.1, 0.15) is 56.9 Å². The summed E-state index contributed by atoms with van der Waals surface area (Å²) in [4.78, 5) is 0. The van der Waals surface area contributed by atoms with Crippen molar-refractivity contribution in [2.75, 3.05) is 6.61 Å². The molecule has 3 heteroatoms. The van der Waals surface area contributed by atoms with E-state index in [1.165, 1.54) is 31.2 Å². The molecule has 2 rings (SSSR count). The number of nitrogens with one attached hydrogen (secondary N) is 1. The average Bonchev–Trinajstić information content (AvgIpc) is 2.48. The summed E-state index contributed by atoms with van der Waals surface area (Å²) in [6.07, 6.45) is 6.75. The maximum absolute atomic E-state index is 9.34. The van der Waals surface area contributed by atoms with E-state index in [0.717, 1.165) is 12.8 Å². The molecule has 1 aromatic rings. The van der Waals surface area contributed by atoms with Crippen LogP contribution in [-0.2, 0) is 0 Å². The molecule has 0 amide bonds. The van der Waals surface area contributed by atoms with Gasteiger partial charge in [0.05, 0.1) is 0 Å². The Labute approximate surface area is 122 Å². The molecular formula is C17H27NO2. The first-order chi connectivity index (χ1) is 9.72. The smallest absolute Gasteiger partial charge is 0.115 e. The molecule has 112 valence electrons. The van der Waals surface area contributed by atoms with Crippen LogP contribution in [0.25, 0.3) is 0 Å². The minimum absolute atomic E-state index is 0.272. The minimum Gasteiger partial charge on any atom is -0.508 e. The fourth-order valence-electron chi connectivity index (χ4n) is 3.23. The molecule has 0 saturated heterocycles. The van der Waals surface area contributed by atoms with Crippen LogP contribution in [0.5, 0.6) is 5.75 Å². The van der Waals surface area contributed by atoms with Gasteiger partial charge in [0.15, 0.2) is 0 Å². The zero-order chi connectivity index (χ0) is 14.4. The van der Waals surface area contributed by atoms with Gasteiger partial charge in [-0.3, -0.25) is 0 Å². The normalized spacial score (nSPS) is 24.5. The van der Waals surface area contributed by atoms with E-state index in [0.29, 0.717) is 23.8 Å². The Morgan fingerprint density at radius 3 is 2.35 bits per heavy atom. The van der Waals surface area contributed by atoms with Crippen LogP contribution in [0.2, 0.25) is 0 Å². The molecule has 20 heavy (non-hydrogen) atoms. The van der Waals surface area contributed by atoms with E-state index in [2.05, 4.69) is 12.2 Å². The predicted octanol–water partition coefficient (Wildman–Crippen LogP) is 3.17. The molecule has 3 nitrogen and oxygen atoms in total. The molecule has 0 heterocycles. The third-order valence-corrected chi connectivity index (χ3v) is 4.53. The third-order valence-electron chi connectivity index (χ3n) is 4.53. The summed E-state index contributed by atoms with van der Waals surface area (Å²) in [5.41, 5.74) is 1.35. The largest absolute Gasteiger partial charge is 0.508 e. The van der Waals surface area contributed by atoms with Gasteiger partial charge in [0, 0.05) is 18.7 Å². The molecule has 1 aliphatic carbocycles. The summed E-state index contributed by atoms with van der Waals surface area (Å²) in [6, 6.07) is 8.72. The molecule has 1 aliphatic rings. The maximum Gasteiger partial charge on any atom is 0.115 e. The molecule has 0 radical (unpaired) electrons. The molecule has 1 atom stereocenters. The van der Waals surface area contributed by atoms with Gasteiger partial charge in [-0.15, -0.1) is 0 Å². The highest BCUT2D eigenvalue weighted by atomic mass is 16.3. The lowest BCUT2D eigenvalue weighted by Crippen LogP contribution is -2.40. The number of phenolic OH excluding ortho intramolecular Hbond substituents is 1. The van der Waals surface area contributed by atoms with Crippen molar-refractivity contribution in [2.24, 2.45) is 0 Å². The highest BCUT2D eigenvalue weighted by Crippen LogP contribution is 2.33. The van der Waals surface area contributed by atoms with Crippen molar-refractivity contribution in [2.45, 2.75) is 63.5 Å². The van der Waals surface area contributed by atoms with E-state index in [9.17, 15) is 5.11 Å². The van der Waals surface area contributed by atoms with Crippen LogP contribution < -0.4 is 5.32 Å². The standard InChI is InChI=1S/C17H27NO2/c1-2-15(11-12-19)18-16-7-3-13(4-8-16)14-5-9-17(20)10-6-14/h5-6,9-10,13,15-16,18-20H,2-4,7-8,11-12H2,1H3. The lowest BCUT2D eigenvalue weighted by molar-refractivity contribution is 0.241. The van der Waals surface area contributed by atoms with E-state index in [1.807, 2.05) is 12.1 Å². The Hall–Kier alpha value is -1.06. The SMILES string of the molecule is CCC(CCO)NC1CCC(c2ccc(O)cc2)CC1. The van der Waals surface area contributed by atoms with Gasteiger partial charge in [0.1, 0.15) is 5.75 Å². The molecule has 1 saturated carbocycles. The van der Waals surface area contributed by atoms with Crippen LogP contribution >= 0.6 is 0 Å². The van der Waals surface area contributed by atoms with Gasteiger partial charge in [-0.1, -0.05) is 19.1 Å². The summed E-state index contributed by atoms with van der Waals surface area (Å²) in [6.45, 7) is 2.45. The second-order valence-electron chi connectivity index (χ2n) is 5.92. The monoisotopic (exact) mass is 277 g/mol. The van der Waals surface area contributed by atoms with Crippen molar-refractivity contribution >= 4 is 0 Å². The zero-order valence-electron chi connectivity index (χ0n) is 12.4. The van der Waals surface area contributed by atoms with Gasteiger partial charge >= 0.3 is 0 Å². The van der Waals surface area contributed by atoms with Gasteiger partial charge in [-0.05, 0) is 62.1 Å². The average molecular weight is 277 g/mol. The van der Waals surface area contributed by atoms with Crippen LogP contribution in [0.15, 0.2) is 24.3 Å². The summed E-state index contributed by atoms with van der Waals surface area (Å²) < 4.78 is 0. The number of phenols is 1. The topological polar surface area (TPSA) is 52.5 Å². The van der Waals surface area contributed by atoms with Gasteiger partial charge in [0.2, 0.25) is 0 Å². The predicted molar refractivity (Wildman–Crippen MR) is 82.0 cm³/mol. The summed E-state index contributed by atoms with van der Waals surface area (Å²) in [5, 5.41) is 22.1.